The number of amides is 1. The second-order valence-corrected chi connectivity index (χ2v) is 4.99. The van der Waals surface area contributed by atoms with Crippen molar-refractivity contribution in [2.75, 3.05) is 19.5 Å². The Balaban J connectivity index is 1.96. The average molecular weight is 283 g/mol. The fraction of sp³-hybridized carbons (Fsp3) is 0.235. The van der Waals surface area contributed by atoms with Crippen LogP contribution in [-0.4, -0.2) is 20.1 Å². The van der Waals surface area contributed by atoms with Gasteiger partial charge >= 0.3 is 0 Å². The van der Waals surface area contributed by atoms with Crippen molar-refractivity contribution in [1.82, 2.24) is 0 Å². The minimum Gasteiger partial charge on any atom is -0.493 e. The molecule has 4 heteroatoms. The molecule has 0 aromatic heterocycles. The quantitative estimate of drug-likeness (QED) is 0.938. The highest BCUT2D eigenvalue weighted by atomic mass is 16.5. The first kappa shape index (κ1) is 13.5. The fourth-order valence-electron chi connectivity index (χ4n) is 2.81. The van der Waals surface area contributed by atoms with Gasteiger partial charge in [0.2, 0.25) is 5.91 Å². The van der Waals surface area contributed by atoms with Crippen molar-refractivity contribution in [3.63, 3.8) is 0 Å². The number of hydrogen-bond donors (Lipinski definition) is 1. The van der Waals surface area contributed by atoms with Crippen LogP contribution in [0.1, 0.15) is 17.0 Å². The lowest BCUT2D eigenvalue weighted by Crippen LogP contribution is -2.14. The summed E-state index contributed by atoms with van der Waals surface area (Å²) in [4.78, 5) is 12.2. The Morgan fingerprint density at radius 3 is 2.62 bits per heavy atom. The molecular weight excluding hydrogens is 266 g/mol. The van der Waals surface area contributed by atoms with E-state index in [9.17, 15) is 4.79 Å². The van der Waals surface area contributed by atoms with Gasteiger partial charge in [-0.15, -0.1) is 0 Å². The number of hydrogen-bond acceptors (Lipinski definition) is 3. The van der Waals surface area contributed by atoms with E-state index in [4.69, 9.17) is 9.47 Å². The number of benzene rings is 2. The third-order valence-corrected chi connectivity index (χ3v) is 3.82. The summed E-state index contributed by atoms with van der Waals surface area (Å²) in [5, 5.41) is 2.92. The summed E-state index contributed by atoms with van der Waals surface area (Å²) in [5.41, 5.74) is 2.90. The molecule has 3 rings (SSSR count). The zero-order valence-corrected chi connectivity index (χ0v) is 12.1. The van der Waals surface area contributed by atoms with Crippen LogP contribution < -0.4 is 14.8 Å². The van der Waals surface area contributed by atoms with Gasteiger partial charge in [0.15, 0.2) is 11.5 Å². The molecule has 0 radical (unpaired) electrons. The maximum absolute atomic E-state index is 12.2. The van der Waals surface area contributed by atoms with Crippen molar-refractivity contribution in [2.45, 2.75) is 12.3 Å². The number of para-hydroxylation sites is 2. The number of methoxy groups -OCH3 is 2. The van der Waals surface area contributed by atoms with E-state index in [1.54, 1.807) is 14.2 Å². The van der Waals surface area contributed by atoms with Gasteiger partial charge in [-0.1, -0.05) is 30.3 Å². The molecule has 0 fully saturated rings. The Labute approximate surface area is 123 Å². The molecule has 2 aromatic carbocycles. The van der Waals surface area contributed by atoms with E-state index in [1.807, 2.05) is 42.5 Å². The summed E-state index contributed by atoms with van der Waals surface area (Å²) < 4.78 is 10.8. The number of fused-ring (bicyclic) bond motifs is 1. The number of carbonyl (C=O) groups is 1. The minimum absolute atomic E-state index is 0.0288. The monoisotopic (exact) mass is 283 g/mol. The van der Waals surface area contributed by atoms with Gasteiger partial charge in [0.05, 0.1) is 20.1 Å². The minimum atomic E-state index is -0.192. The largest absolute Gasteiger partial charge is 0.493 e. The molecule has 0 spiro atoms. The van der Waals surface area contributed by atoms with Crippen LogP contribution in [0.2, 0.25) is 0 Å². The Morgan fingerprint density at radius 2 is 1.86 bits per heavy atom. The Hall–Kier alpha value is -2.49. The highest BCUT2D eigenvalue weighted by molar-refractivity contribution is 6.03. The van der Waals surface area contributed by atoms with E-state index in [-0.39, 0.29) is 11.8 Å². The molecule has 4 nitrogen and oxygen atoms in total. The molecule has 0 bridgehead atoms. The summed E-state index contributed by atoms with van der Waals surface area (Å²) in [7, 11) is 3.23. The number of ether oxygens (including phenoxy) is 2. The van der Waals surface area contributed by atoms with Gasteiger partial charge in [-0.25, -0.2) is 0 Å². The summed E-state index contributed by atoms with van der Waals surface area (Å²) in [5.74, 6) is 1.21. The smallest absolute Gasteiger partial charge is 0.232 e. The van der Waals surface area contributed by atoms with Crippen LogP contribution in [0.25, 0.3) is 0 Å². The molecule has 0 saturated carbocycles. The van der Waals surface area contributed by atoms with Crippen LogP contribution in [0.4, 0.5) is 5.69 Å². The highest BCUT2D eigenvalue weighted by Crippen LogP contribution is 2.38. The Morgan fingerprint density at radius 1 is 1.05 bits per heavy atom. The third-order valence-electron chi connectivity index (χ3n) is 3.82. The van der Waals surface area contributed by atoms with Crippen molar-refractivity contribution >= 4 is 11.6 Å². The molecule has 1 atom stereocenters. The van der Waals surface area contributed by atoms with Crippen LogP contribution in [0.15, 0.2) is 42.5 Å². The number of nitrogens with one attached hydrogen (secondary N) is 1. The predicted molar refractivity (Wildman–Crippen MR) is 81.1 cm³/mol. The van der Waals surface area contributed by atoms with Crippen molar-refractivity contribution in [2.24, 2.45) is 0 Å². The third kappa shape index (κ3) is 2.33. The van der Waals surface area contributed by atoms with Crippen LogP contribution in [0, 0.1) is 0 Å². The molecule has 2 aromatic rings. The maximum atomic E-state index is 12.2. The van der Waals surface area contributed by atoms with Gasteiger partial charge in [0.25, 0.3) is 0 Å². The molecule has 0 aliphatic carbocycles. The lowest BCUT2D eigenvalue weighted by atomic mass is 9.92. The number of anilines is 1. The first-order chi connectivity index (χ1) is 10.2. The summed E-state index contributed by atoms with van der Waals surface area (Å²) in [6.45, 7) is 0. The van der Waals surface area contributed by atoms with Crippen LogP contribution >= 0.6 is 0 Å². The maximum Gasteiger partial charge on any atom is 0.232 e. The molecule has 108 valence electrons. The normalized spacial score (nSPS) is 16.3. The van der Waals surface area contributed by atoms with Gasteiger partial charge in [0.1, 0.15) is 0 Å². The summed E-state index contributed by atoms with van der Waals surface area (Å²) >= 11 is 0. The van der Waals surface area contributed by atoms with Crippen molar-refractivity contribution in [3.8, 4) is 11.5 Å². The molecule has 1 heterocycles. The molecule has 1 amide bonds. The molecule has 0 saturated heterocycles. The molecule has 21 heavy (non-hydrogen) atoms. The van der Waals surface area contributed by atoms with Gasteiger partial charge < -0.3 is 14.8 Å². The van der Waals surface area contributed by atoms with Crippen molar-refractivity contribution in [3.05, 3.63) is 53.6 Å². The molecule has 1 unspecified atom stereocenters. The van der Waals surface area contributed by atoms with Gasteiger partial charge in [-0.3, -0.25) is 4.79 Å². The first-order valence-corrected chi connectivity index (χ1v) is 6.84. The topological polar surface area (TPSA) is 47.6 Å². The Bertz CT molecular complexity index is 681. The van der Waals surface area contributed by atoms with Crippen molar-refractivity contribution < 1.29 is 14.3 Å². The van der Waals surface area contributed by atoms with E-state index in [1.165, 1.54) is 0 Å². The van der Waals surface area contributed by atoms with Gasteiger partial charge in [-0.05, 0) is 29.7 Å². The zero-order chi connectivity index (χ0) is 14.8. The van der Waals surface area contributed by atoms with E-state index >= 15 is 0 Å². The summed E-state index contributed by atoms with van der Waals surface area (Å²) in [6.07, 6.45) is 0.587. The SMILES string of the molecule is COc1cccc(CC2C(=O)Nc3ccccc32)c1OC. The molecular formula is C17H17NO3. The lowest BCUT2D eigenvalue weighted by molar-refractivity contribution is -0.117. The second-order valence-electron chi connectivity index (χ2n) is 4.99. The van der Waals surface area contributed by atoms with Gasteiger partial charge in [-0.2, -0.15) is 0 Å². The van der Waals surface area contributed by atoms with Crippen LogP contribution in [-0.2, 0) is 11.2 Å². The van der Waals surface area contributed by atoms with E-state index in [0.29, 0.717) is 17.9 Å². The highest BCUT2D eigenvalue weighted by Gasteiger charge is 2.31. The van der Waals surface area contributed by atoms with E-state index in [2.05, 4.69) is 5.32 Å². The van der Waals surface area contributed by atoms with E-state index in [0.717, 1.165) is 16.8 Å². The number of carbonyl (C=O) groups excluding carboxylic acids is 1. The zero-order valence-electron chi connectivity index (χ0n) is 12.1. The van der Waals surface area contributed by atoms with Crippen LogP contribution in [0.3, 0.4) is 0 Å². The molecule has 1 N–H and O–H groups in total. The molecule has 1 aliphatic rings. The standard InChI is InChI=1S/C17H17NO3/c1-20-15-9-5-6-11(16(15)21-2)10-13-12-7-3-4-8-14(12)18-17(13)19/h3-9,13H,10H2,1-2H3,(H,18,19). The average Bonchev–Trinajstić information content (AvgIpc) is 2.83. The Kier molecular flexibility index (Phi) is 3.52. The number of rotatable bonds is 4. The summed E-state index contributed by atoms with van der Waals surface area (Å²) in [6, 6.07) is 13.5. The van der Waals surface area contributed by atoms with Gasteiger partial charge in [0, 0.05) is 5.69 Å². The van der Waals surface area contributed by atoms with E-state index < -0.39 is 0 Å². The second kappa shape index (κ2) is 5.48. The predicted octanol–water partition coefficient (Wildman–Crippen LogP) is 2.98. The fourth-order valence-corrected chi connectivity index (χ4v) is 2.81. The lowest BCUT2D eigenvalue weighted by Gasteiger charge is -2.15. The first-order valence-electron chi connectivity index (χ1n) is 6.84. The molecule has 1 aliphatic heterocycles. The van der Waals surface area contributed by atoms with Crippen LogP contribution in [0.5, 0.6) is 11.5 Å². The van der Waals surface area contributed by atoms with Crippen molar-refractivity contribution in [1.29, 1.82) is 0 Å².